The molecule has 0 saturated carbocycles. The van der Waals surface area contributed by atoms with Crippen LogP contribution in [-0.2, 0) is 12.8 Å². The van der Waals surface area contributed by atoms with Crippen molar-refractivity contribution < 1.29 is 13.2 Å². The molecular formula is C15H13ClF3N. The minimum absolute atomic E-state index is 0.0440. The third-order valence-electron chi connectivity index (χ3n) is 3.00. The van der Waals surface area contributed by atoms with Crippen LogP contribution in [0.25, 0.3) is 0 Å². The molecule has 0 amide bonds. The van der Waals surface area contributed by atoms with E-state index in [1.807, 2.05) is 0 Å². The number of nitrogens with two attached hydrogens (primary N) is 1. The summed E-state index contributed by atoms with van der Waals surface area (Å²) < 4.78 is 39.6. The third kappa shape index (κ3) is 3.52. The van der Waals surface area contributed by atoms with Gasteiger partial charge in [0.25, 0.3) is 0 Å². The van der Waals surface area contributed by atoms with Crippen molar-refractivity contribution in [3.8, 4) is 0 Å². The van der Waals surface area contributed by atoms with Crippen LogP contribution >= 0.6 is 11.6 Å². The molecule has 0 aliphatic heterocycles. The summed E-state index contributed by atoms with van der Waals surface area (Å²) in [5.74, 6) is -2.30. The van der Waals surface area contributed by atoms with Gasteiger partial charge in [0.2, 0.25) is 0 Å². The van der Waals surface area contributed by atoms with Crippen molar-refractivity contribution in [2.24, 2.45) is 5.73 Å². The lowest BCUT2D eigenvalue weighted by atomic mass is 9.99. The van der Waals surface area contributed by atoms with E-state index in [1.165, 1.54) is 12.1 Å². The van der Waals surface area contributed by atoms with Gasteiger partial charge in [-0.25, -0.2) is 13.2 Å². The molecule has 5 heteroatoms. The highest BCUT2D eigenvalue weighted by atomic mass is 35.5. The molecule has 0 spiro atoms. The van der Waals surface area contributed by atoms with Crippen LogP contribution in [0.1, 0.15) is 11.1 Å². The first-order valence-corrected chi connectivity index (χ1v) is 6.47. The molecule has 1 unspecified atom stereocenters. The summed E-state index contributed by atoms with van der Waals surface area (Å²) in [7, 11) is 0. The van der Waals surface area contributed by atoms with Crippen LogP contribution in [-0.4, -0.2) is 6.04 Å². The highest BCUT2D eigenvalue weighted by Crippen LogP contribution is 2.19. The van der Waals surface area contributed by atoms with Crippen LogP contribution in [0.3, 0.4) is 0 Å². The highest BCUT2D eigenvalue weighted by Gasteiger charge is 2.12. The molecule has 0 aliphatic rings. The molecular weight excluding hydrogens is 287 g/mol. The van der Waals surface area contributed by atoms with Gasteiger partial charge in [-0.1, -0.05) is 29.8 Å². The first-order valence-electron chi connectivity index (χ1n) is 6.09. The number of hydrogen-bond acceptors (Lipinski definition) is 1. The Morgan fingerprint density at radius 2 is 1.75 bits per heavy atom. The van der Waals surface area contributed by atoms with Crippen LogP contribution in [0.15, 0.2) is 36.4 Å². The molecule has 0 aromatic heterocycles. The molecule has 2 rings (SSSR count). The predicted molar refractivity (Wildman–Crippen MR) is 73.2 cm³/mol. The van der Waals surface area contributed by atoms with Gasteiger partial charge in [0.1, 0.15) is 5.82 Å². The molecule has 1 nitrogen and oxygen atoms in total. The van der Waals surface area contributed by atoms with E-state index in [-0.39, 0.29) is 11.4 Å². The van der Waals surface area contributed by atoms with E-state index in [0.717, 1.165) is 12.1 Å². The van der Waals surface area contributed by atoms with E-state index >= 15 is 0 Å². The maximum Gasteiger partial charge on any atom is 0.159 e. The Hall–Kier alpha value is -1.52. The quantitative estimate of drug-likeness (QED) is 0.911. The fraction of sp³-hybridized carbons (Fsp3) is 0.200. The van der Waals surface area contributed by atoms with E-state index in [1.54, 1.807) is 12.1 Å². The van der Waals surface area contributed by atoms with Gasteiger partial charge < -0.3 is 5.73 Å². The van der Waals surface area contributed by atoms with Crippen molar-refractivity contribution in [3.05, 3.63) is 70.0 Å². The molecule has 2 N–H and O–H groups in total. The van der Waals surface area contributed by atoms with E-state index in [2.05, 4.69) is 0 Å². The fourth-order valence-corrected chi connectivity index (χ4v) is 2.22. The van der Waals surface area contributed by atoms with Gasteiger partial charge in [-0.15, -0.1) is 0 Å². The third-order valence-corrected chi connectivity index (χ3v) is 3.29. The Morgan fingerprint density at radius 1 is 1.00 bits per heavy atom. The maximum absolute atomic E-state index is 13.7. The summed E-state index contributed by atoms with van der Waals surface area (Å²) in [6.45, 7) is 0. The van der Waals surface area contributed by atoms with E-state index in [9.17, 15) is 13.2 Å². The van der Waals surface area contributed by atoms with Crippen molar-refractivity contribution in [2.75, 3.05) is 0 Å². The molecule has 0 radical (unpaired) electrons. The van der Waals surface area contributed by atoms with Crippen molar-refractivity contribution in [3.63, 3.8) is 0 Å². The maximum atomic E-state index is 13.7. The molecule has 0 saturated heterocycles. The minimum atomic E-state index is -0.913. The first-order chi connectivity index (χ1) is 9.47. The van der Waals surface area contributed by atoms with E-state index < -0.39 is 23.5 Å². The zero-order chi connectivity index (χ0) is 14.7. The van der Waals surface area contributed by atoms with Gasteiger partial charge in [0.05, 0.1) is 5.02 Å². The van der Waals surface area contributed by atoms with Gasteiger partial charge in [-0.3, -0.25) is 0 Å². The smallest absolute Gasteiger partial charge is 0.159 e. The van der Waals surface area contributed by atoms with Crippen molar-refractivity contribution >= 4 is 11.6 Å². The lowest BCUT2D eigenvalue weighted by Crippen LogP contribution is -2.26. The predicted octanol–water partition coefficient (Wildman–Crippen LogP) is 3.87. The second-order valence-electron chi connectivity index (χ2n) is 4.63. The van der Waals surface area contributed by atoms with Gasteiger partial charge in [0.15, 0.2) is 11.6 Å². The fourth-order valence-electron chi connectivity index (χ4n) is 2.03. The van der Waals surface area contributed by atoms with Crippen LogP contribution in [0.4, 0.5) is 13.2 Å². The Balaban J connectivity index is 2.07. The second-order valence-corrected chi connectivity index (χ2v) is 5.04. The molecule has 2 aromatic carbocycles. The largest absolute Gasteiger partial charge is 0.327 e. The number of hydrogen-bond donors (Lipinski definition) is 1. The second kappa shape index (κ2) is 6.29. The van der Waals surface area contributed by atoms with Crippen molar-refractivity contribution in [1.29, 1.82) is 0 Å². The van der Waals surface area contributed by atoms with E-state index in [0.29, 0.717) is 17.5 Å². The standard InChI is InChI=1S/C15H13ClF3N/c16-12-3-1-2-10(15(12)19)8-11(20)6-9-4-5-13(17)14(18)7-9/h1-5,7,11H,6,8,20H2. The normalized spacial score (nSPS) is 12.4. The summed E-state index contributed by atoms with van der Waals surface area (Å²) in [5, 5.41) is 0.0440. The molecule has 0 aliphatic carbocycles. The lowest BCUT2D eigenvalue weighted by Gasteiger charge is -2.13. The van der Waals surface area contributed by atoms with Crippen LogP contribution in [0, 0.1) is 17.5 Å². The highest BCUT2D eigenvalue weighted by molar-refractivity contribution is 6.30. The minimum Gasteiger partial charge on any atom is -0.327 e. The zero-order valence-corrected chi connectivity index (χ0v) is 11.3. The lowest BCUT2D eigenvalue weighted by molar-refractivity contribution is 0.505. The topological polar surface area (TPSA) is 26.0 Å². The molecule has 0 bridgehead atoms. The Kier molecular flexibility index (Phi) is 4.68. The van der Waals surface area contributed by atoms with Crippen LogP contribution in [0.5, 0.6) is 0 Å². The molecule has 20 heavy (non-hydrogen) atoms. The Bertz CT molecular complexity index is 616. The number of halogens is 4. The van der Waals surface area contributed by atoms with Crippen molar-refractivity contribution in [1.82, 2.24) is 0 Å². The molecule has 1 atom stereocenters. The molecule has 0 fully saturated rings. The zero-order valence-electron chi connectivity index (χ0n) is 10.5. The van der Waals surface area contributed by atoms with Gasteiger partial charge >= 0.3 is 0 Å². The summed E-state index contributed by atoms with van der Waals surface area (Å²) in [6.07, 6.45) is 0.592. The van der Waals surface area contributed by atoms with Gasteiger partial charge in [-0.2, -0.15) is 0 Å². The summed E-state index contributed by atoms with van der Waals surface area (Å²) in [4.78, 5) is 0. The molecule has 0 heterocycles. The van der Waals surface area contributed by atoms with E-state index in [4.69, 9.17) is 17.3 Å². The number of benzene rings is 2. The average Bonchev–Trinajstić information content (AvgIpc) is 2.39. The molecule has 106 valence electrons. The molecule has 2 aromatic rings. The Labute approximate surface area is 120 Å². The van der Waals surface area contributed by atoms with Crippen molar-refractivity contribution in [2.45, 2.75) is 18.9 Å². The Morgan fingerprint density at radius 3 is 2.45 bits per heavy atom. The monoisotopic (exact) mass is 299 g/mol. The summed E-state index contributed by atoms with van der Waals surface area (Å²) in [6, 6.07) is 7.92. The van der Waals surface area contributed by atoms with Crippen LogP contribution in [0.2, 0.25) is 5.02 Å². The first kappa shape index (κ1) is 14.9. The summed E-state index contributed by atoms with van der Waals surface area (Å²) >= 11 is 5.69. The van der Waals surface area contributed by atoms with Gasteiger partial charge in [-0.05, 0) is 42.2 Å². The van der Waals surface area contributed by atoms with Gasteiger partial charge in [0, 0.05) is 6.04 Å². The van der Waals surface area contributed by atoms with Crippen LogP contribution < -0.4 is 5.73 Å². The number of rotatable bonds is 4. The average molecular weight is 300 g/mol. The SMILES string of the molecule is NC(Cc1ccc(F)c(F)c1)Cc1cccc(Cl)c1F. The summed E-state index contributed by atoms with van der Waals surface area (Å²) in [5.41, 5.74) is 6.90.